The summed E-state index contributed by atoms with van der Waals surface area (Å²) >= 11 is 0. The summed E-state index contributed by atoms with van der Waals surface area (Å²) in [6.07, 6.45) is 2.23. The second kappa shape index (κ2) is 5.60. The highest BCUT2D eigenvalue weighted by Crippen LogP contribution is 2.24. The molecule has 0 radical (unpaired) electrons. The number of rotatable bonds is 5. The summed E-state index contributed by atoms with van der Waals surface area (Å²) < 4.78 is 0. The van der Waals surface area contributed by atoms with Crippen molar-refractivity contribution in [2.24, 2.45) is 0 Å². The molecule has 20 heavy (non-hydrogen) atoms. The van der Waals surface area contributed by atoms with Gasteiger partial charge in [0.25, 0.3) is 11.8 Å². The summed E-state index contributed by atoms with van der Waals surface area (Å²) in [5.74, 6) is -1.65. The summed E-state index contributed by atoms with van der Waals surface area (Å²) in [7, 11) is 1.41. The number of amides is 3. The molecule has 1 unspecified atom stereocenters. The molecule has 1 aliphatic rings. The molecule has 0 aliphatic carbocycles. The number of aromatic nitrogens is 1. The Labute approximate surface area is 115 Å². The van der Waals surface area contributed by atoms with E-state index in [1.165, 1.54) is 19.3 Å². The van der Waals surface area contributed by atoms with Crippen molar-refractivity contribution < 1.29 is 19.2 Å². The highest BCUT2D eigenvalue weighted by Gasteiger charge is 2.43. The van der Waals surface area contributed by atoms with Crippen molar-refractivity contribution in [1.29, 1.82) is 0 Å². The molecule has 0 saturated carbocycles. The van der Waals surface area contributed by atoms with Gasteiger partial charge in [-0.15, -0.1) is 0 Å². The lowest BCUT2D eigenvalue weighted by molar-refractivity contribution is -0.124. The van der Waals surface area contributed by atoms with E-state index in [0.29, 0.717) is 6.29 Å². The lowest BCUT2D eigenvalue weighted by Crippen LogP contribution is -2.48. The van der Waals surface area contributed by atoms with E-state index in [2.05, 4.69) is 10.3 Å². The van der Waals surface area contributed by atoms with Gasteiger partial charge in [-0.25, -0.2) is 0 Å². The van der Waals surface area contributed by atoms with Crippen LogP contribution >= 0.6 is 0 Å². The van der Waals surface area contributed by atoms with Crippen LogP contribution in [-0.2, 0) is 9.59 Å². The van der Waals surface area contributed by atoms with Crippen molar-refractivity contribution in [3.8, 4) is 0 Å². The number of nitrogens with zero attached hydrogens (tertiary/aromatic N) is 2. The van der Waals surface area contributed by atoms with Crippen LogP contribution in [0, 0.1) is 0 Å². The van der Waals surface area contributed by atoms with Gasteiger partial charge in [0.05, 0.1) is 5.56 Å². The quantitative estimate of drug-likeness (QED) is 0.591. The van der Waals surface area contributed by atoms with Gasteiger partial charge in [0, 0.05) is 19.7 Å². The van der Waals surface area contributed by atoms with Crippen LogP contribution in [0.3, 0.4) is 0 Å². The predicted molar refractivity (Wildman–Crippen MR) is 67.9 cm³/mol. The number of fused-ring (bicyclic) bond motifs is 1. The van der Waals surface area contributed by atoms with Gasteiger partial charge in [0.2, 0.25) is 5.91 Å². The Morgan fingerprint density at radius 1 is 1.45 bits per heavy atom. The van der Waals surface area contributed by atoms with Crippen LogP contribution in [0.4, 0.5) is 0 Å². The number of hydrogen-bond acceptors (Lipinski definition) is 5. The monoisotopic (exact) mass is 275 g/mol. The van der Waals surface area contributed by atoms with E-state index in [1.54, 1.807) is 6.07 Å². The summed E-state index contributed by atoms with van der Waals surface area (Å²) in [6.45, 7) is 0. The second-order valence-corrected chi connectivity index (χ2v) is 4.25. The fraction of sp³-hybridized carbons (Fsp3) is 0.308. The third kappa shape index (κ3) is 2.18. The van der Waals surface area contributed by atoms with Crippen LogP contribution in [0.25, 0.3) is 0 Å². The fourth-order valence-corrected chi connectivity index (χ4v) is 2.14. The zero-order valence-corrected chi connectivity index (χ0v) is 10.8. The Kier molecular flexibility index (Phi) is 3.88. The first-order valence-corrected chi connectivity index (χ1v) is 6.10. The van der Waals surface area contributed by atoms with Crippen LogP contribution in [0.5, 0.6) is 0 Å². The third-order valence-corrected chi connectivity index (χ3v) is 3.10. The number of likely N-dealkylation sites (N-methyl/N-ethyl adjacent to an activating group) is 1. The largest absolute Gasteiger partial charge is 0.357 e. The zero-order valence-electron chi connectivity index (χ0n) is 10.8. The number of carbonyl (C=O) groups is 4. The minimum atomic E-state index is -1.00. The van der Waals surface area contributed by atoms with E-state index in [4.69, 9.17) is 0 Å². The Balaban J connectivity index is 2.36. The minimum absolute atomic E-state index is 0.0394. The first-order valence-electron chi connectivity index (χ1n) is 6.10. The maximum absolute atomic E-state index is 12.2. The topological polar surface area (TPSA) is 96.4 Å². The average molecular weight is 275 g/mol. The molecule has 0 spiro atoms. The van der Waals surface area contributed by atoms with Crippen LogP contribution < -0.4 is 5.32 Å². The van der Waals surface area contributed by atoms with Crippen LogP contribution in [0.1, 0.15) is 33.7 Å². The van der Waals surface area contributed by atoms with E-state index in [1.807, 2.05) is 0 Å². The molecular formula is C13H13N3O4. The first kappa shape index (κ1) is 13.9. The SMILES string of the molecule is CNC(=O)C(CCC=O)N1C(=O)c2cccnc2C1=O. The molecule has 7 nitrogen and oxygen atoms in total. The predicted octanol–water partition coefficient (Wildman–Crippen LogP) is -0.229. The molecule has 1 atom stereocenters. The number of pyridine rings is 1. The Morgan fingerprint density at radius 2 is 2.20 bits per heavy atom. The van der Waals surface area contributed by atoms with Crippen molar-refractivity contribution in [2.45, 2.75) is 18.9 Å². The van der Waals surface area contributed by atoms with E-state index < -0.39 is 23.8 Å². The summed E-state index contributed by atoms with van der Waals surface area (Å²) in [5.41, 5.74) is 0.218. The van der Waals surface area contributed by atoms with Crippen LogP contribution in [0.2, 0.25) is 0 Å². The number of aldehydes is 1. The lowest BCUT2D eigenvalue weighted by atomic mass is 10.1. The maximum atomic E-state index is 12.2. The molecule has 2 heterocycles. The van der Waals surface area contributed by atoms with E-state index in [-0.39, 0.29) is 24.1 Å². The van der Waals surface area contributed by atoms with Gasteiger partial charge < -0.3 is 10.1 Å². The number of imide groups is 1. The van der Waals surface area contributed by atoms with Gasteiger partial charge in [0.15, 0.2) is 0 Å². The lowest BCUT2D eigenvalue weighted by Gasteiger charge is -2.23. The van der Waals surface area contributed by atoms with Crippen LogP contribution in [-0.4, -0.2) is 47.0 Å². The van der Waals surface area contributed by atoms with Crippen molar-refractivity contribution in [3.63, 3.8) is 0 Å². The fourth-order valence-electron chi connectivity index (χ4n) is 2.14. The molecule has 1 N–H and O–H groups in total. The normalized spacial score (nSPS) is 14.9. The van der Waals surface area contributed by atoms with E-state index >= 15 is 0 Å². The van der Waals surface area contributed by atoms with Crippen LogP contribution in [0.15, 0.2) is 18.3 Å². The average Bonchev–Trinajstić information content (AvgIpc) is 2.73. The van der Waals surface area contributed by atoms with Gasteiger partial charge in [0.1, 0.15) is 18.0 Å². The number of carbonyl (C=O) groups excluding carboxylic acids is 4. The zero-order chi connectivity index (χ0) is 14.7. The smallest absolute Gasteiger partial charge is 0.280 e. The van der Waals surface area contributed by atoms with E-state index in [9.17, 15) is 19.2 Å². The molecule has 0 bridgehead atoms. The minimum Gasteiger partial charge on any atom is -0.357 e. The Morgan fingerprint density at radius 3 is 2.80 bits per heavy atom. The molecule has 7 heteroatoms. The Hall–Kier alpha value is -2.57. The van der Waals surface area contributed by atoms with Gasteiger partial charge in [-0.1, -0.05) is 0 Å². The molecular weight excluding hydrogens is 262 g/mol. The van der Waals surface area contributed by atoms with E-state index in [0.717, 1.165) is 4.90 Å². The highest BCUT2D eigenvalue weighted by molar-refractivity contribution is 6.21. The number of nitrogens with one attached hydrogen (secondary N) is 1. The standard InChI is InChI=1S/C13H13N3O4/c1-14-11(18)9(5-3-7-17)16-12(19)8-4-2-6-15-10(8)13(16)20/h2,4,6-7,9H,3,5H2,1H3,(H,14,18). The summed E-state index contributed by atoms with van der Waals surface area (Å²) in [6, 6.07) is 2.04. The van der Waals surface area contributed by atoms with Gasteiger partial charge >= 0.3 is 0 Å². The molecule has 1 aromatic heterocycles. The molecule has 3 amide bonds. The van der Waals surface area contributed by atoms with Crippen molar-refractivity contribution in [1.82, 2.24) is 15.2 Å². The molecule has 2 rings (SSSR count). The van der Waals surface area contributed by atoms with Gasteiger partial charge in [-0.2, -0.15) is 0 Å². The Bertz CT molecular complexity index is 550. The van der Waals surface area contributed by atoms with Gasteiger partial charge in [-0.3, -0.25) is 24.3 Å². The molecule has 0 aromatic carbocycles. The molecule has 0 saturated heterocycles. The maximum Gasteiger partial charge on any atom is 0.280 e. The first-order chi connectivity index (χ1) is 9.61. The third-order valence-electron chi connectivity index (χ3n) is 3.10. The van der Waals surface area contributed by atoms with Gasteiger partial charge in [-0.05, 0) is 18.6 Å². The number of hydrogen-bond donors (Lipinski definition) is 1. The summed E-state index contributed by atoms with van der Waals surface area (Å²) in [5, 5.41) is 2.40. The van der Waals surface area contributed by atoms with Crippen molar-refractivity contribution in [3.05, 3.63) is 29.6 Å². The molecule has 0 fully saturated rings. The summed E-state index contributed by atoms with van der Waals surface area (Å²) in [4.78, 5) is 51.5. The highest BCUT2D eigenvalue weighted by atomic mass is 16.2. The molecule has 1 aliphatic heterocycles. The van der Waals surface area contributed by atoms with Crippen molar-refractivity contribution >= 4 is 24.0 Å². The molecule has 104 valence electrons. The second-order valence-electron chi connectivity index (χ2n) is 4.25. The molecule has 1 aromatic rings. The van der Waals surface area contributed by atoms with Crippen molar-refractivity contribution in [2.75, 3.05) is 7.05 Å².